The zero-order valence-electron chi connectivity index (χ0n) is 12.6. The largest absolute Gasteiger partial charge is 0.361 e. The molecule has 3 rings (SSSR count). The lowest BCUT2D eigenvalue weighted by Crippen LogP contribution is -2.31. The van der Waals surface area contributed by atoms with Crippen LogP contribution in [0.5, 0.6) is 0 Å². The summed E-state index contributed by atoms with van der Waals surface area (Å²) in [6.07, 6.45) is 5.59. The summed E-state index contributed by atoms with van der Waals surface area (Å²) in [5, 5.41) is 9.91. The Morgan fingerprint density at radius 3 is 3.00 bits per heavy atom. The summed E-state index contributed by atoms with van der Waals surface area (Å²) in [4.78, 5) is 21.7. The van der Waals surface area contributed by atoms with E-state index in [2.05, 4.69) is 16.0 Å². The van der Waals surface area contributed by atoms with E-state index in [1.54, 1.807) is 17.3 Å². The van der Waals surface area contributed by atoms with Crippen LogP contribution in [-0.4, -0.2) is 27.3 Å². The Labute approximate surface area is 134 Å². The van der Waals surface area contributed by atoms with Gasteiger partial charge in [0.15, 0.2) is 0 Å². The van der Waals surface area contributed by atoms with Gasteiger partial charge in [-0.15, -0.1) is 0 Å². The number of aromatic nitrogens is 2. The minimum absolute atomic E-state index is 0.0828. The lowest BCUT2D eigenvalue weighted by atomic mass is 10.1. The number of pyridine rings is 1. The van der Waals surface area contributed by atoms with Crippen molar-refractivity contribution in [2.24, 2.45) is 0 Å². The van der Waals surface area contributed by atoms with E-state index in [4.69, 9.17) is 5.26 Å². The molecular weight excluding hydrogens is 288 g/mol. The lowest BCUT2D eigenvalue weighted by molar-refractivity contribution is 0.0747. The molecule has 0 bridgehead atoms. The molecule has 0 saturated heterocycles. The van der Waals surface area contributed by atoms with Gasteiger partial charge < -0.3 is 9.88 Å². The highest BCUT2D eigenvalue weighted by atomic mass is 16.2. The number of carbonyl (C=O) groups is 1. The third kappa shape index (κ3) is 3.38. The van der Waals surface area contributed by atoms with Gasteiger partial charge in [-0.25, -0.2) is 0 Å². The monoisotopic (exact) mass is 304 g/mol. The molecule has 0 aliphatic carbocycles. The first-order chi connectivity index (χ1) is 11.3. The summed E-state index contributed by atoms with van der Waals surface area (Å²) >= 11 is 0. The van der Waals surface area contributed by atoms with Crippen molar-refractivity contribution in [1.82, 2.24) is 14.9 Å². The normalized spacial score (nSPS) is 10.4. The molecule has 0 aliphatic rings. The van der Waals surface area contributed by atoms with Crippen molar-refractivity contribution in [3.05, 3.63) is 66.1 Å². The van der Waals surface area contributed by atoms with Crippen LogP contribution < -0.4 is 0 Å². The van der Waals surface area contributed by atoms with Gasteiger partial charge in [-0.05, 0) is 35.2 Å². The summed E-state index contributed by atoms with van der Waals surface area (Å²) < 4.78 is 0. The van der Waals surface area contributed by atoms with Gasteiger partial charge in [-0.2, -0.15) is 5.26 Å². The first-order valence-corrected chi connectivity index (χ1v) is 7.40. The number of nitriles is 1. The Bertz CT molecular complexity index is 848. The average Bonchev–Trinajstić information content (AvgIpc) is 3.06. The minimum Gasteiger partial charge on any atom is -0.361 e. The highest BCUT2D eigenvalue weighted by Crippen LogP contribution is 2.17. The standard InChI is InChI=1S/C18H16N4O/c19-7-2-10-22(13-14-3-1-8-20-12-14)18(23)16-5-4-15-6-9-21-17(15)11-16/h1,3-6,8-9,11-12,21H,2,10,13H2. The predicted molar refractivity (Wildman–Crippen MR) is 87.5 cm³/mol. The van der Waals surface area contributed by atoms with E-state index in [9.17, 15) is 4.79 Å². The first kappa shape index (κ1) is 14.8. The molecule has 0 radical (unpaired) electrons. The van der Waals surface area contributed by atoms with Crippen LogP contribution in [-0.2, 0) is 6.54 Å². The minimum atomic E-state index is -0.0828. The maximum absolute atomic E-state index is 12.8. The quantitative estimate of drug-likeness (QED) is 0.787. The number of carbonyl (C=O) groups excluding carboxylic acids is 1. The Morgan fingerprint density at radius 1 is 1.30 bits per heavy atom. The van der Waals surface area contributed by atoms with Crippen LogP contribution in [0.3, 0.4) is 0 Å². The van der Waals surface area contributed by atoms with E-state index >= 15 is 0 Å². The fourth-order valence-corrected chi connectivity index (χ4v) is 2.51. The molecule has 2 aromatic heterocycles. The molecule has 0 saturated carbocycles. The molecule has 0 atom stereocenters. The summed E-state index contributed by atoms with van der Waals surface area (Å²) in [6.45, 7) is 0.837. The van der Waals surface area contributed by atoms with Gasteiger partial charge >= 0.3 is 0 Å². The van der Waals surface area contributed by atoms with Crippen molar-refractivity contribution in [2.75, 3.05) is 6.54 Å². The molecule has 23 heavy (non-hydrogen) atoms. The van der Waals surface area contributed by atoms with Crippen LogP contribution in [0.1, 0.15) is 22.3 Å². The Balaban J connectivity index is 1.85. The number of hydrogen-bond acceptors (Lipinski definition) is 3. The Kier molecular flexibility index (Phi) is 4.34. The van der Waals surface area contributed by atoms with Crippen molar-refractivity contribution in [3.63, 3.8) is 0 Å². The third-order valence-electron chi connectivity index (χ3n) is 3.68. The molecule has 2 heterocycles. The van der Waals surface area contributed by atoms with Crippen LogP contribution in [0.25, 0.3) is 10.9 Å². The molecule has 1 N–H and O–H groups in total. The number of benzene rings is 1. The molecule has 5 nitrogen and oxygen atoms in total. The smallest absolute Gasteiger partial charge is 0.254 e. The van der Waals surface area contributed by atoms with E-state index in [0.29, 0.717) is 25.1 Å². The fourth-order valence-electron chi connectivity index (χ4n) is 2.51. The third-order valence-corrected chi connectivity index (χ3v) is 3.68. The number of fused-ring (bicyclic) bond motifs is 1. The number of nitrogens with one attached hydrogen (secondary N) is 1. The molecule has 1 aromatic carbocycles. The van der Waals surface area contributed by atoms with Gasteiger partial charge in [0.2, 0.25) is 0 Å². The second-order valence-electron chi connectivity index (χ2n) is 5.28. The zero-order chi connectivity index (χ0) is 16.1. The summed E-state index contributed by atoms with van der Waals surface area (Å²) in [5.74, 6) is -0.0828. The predicted octanol–water partition coefficient (Wildman–Crippen LogP) is 3.12. The van der Waals surface area contributed by atoms with E-state index in [-0.39, 0.29) is 5.91 Å². The zero-order valence-corrected chi connectivity index (χ0v) is 12.6. The van der Waals surface area contributed by atoms with Gasteiger partial charge in [-0.1, -0.05) is 12.1 Å². The van der Waals surface area contributed by atoms with Crippen molar-refractivity contribution in [3.8, 4) is 6.07 Å². The second kappa shape index (κ2) is 6.75. The maximum atomic E-state index is 12.8. The molecule has 0 fully saturated rings. The molecule has 1 amide bonds. The van der Waals surface area contributed by atoms with Gasteiger partial charge in [-0.3, -0.25) is 9.78 Å². The van der Waals surface area contributed by atoms with Crippen LogP contribution in [0.15, 0.2) is 55.0 Å². The second-order valence-corrected chi connectivity index (χ2v) is 5.28. The number of nitrogens with zero attached hydrogens (tertiary/aromatic N) is 3. The Hall–Kier alpha value is -3.13. The first-order valence-electron chi connectivity index (χ1n) is 7.40. The van der Waals surface area contributed by atoms with E-state index in [0.717, 1.165) is 16.5 Å². The molecule has 5 heteroatoms. The van der Waals surface area contributed by atoms with Gasteiger partial charge in [0, 0.05) is 42.8 Å². The highest BCUT2D eigenvalue weighted by Gasteiger charge is 2.16. The van der Waals surface area contributed by atoms with Crippen molar-refractivity contribution >= 4 is 16.8 Å². The fraction of sp³-hybridized carbons (Fsp3) is 0.167. The number of rotatable bonds is 5. The van der Waals surface area contributed by atoms with Crippen LogP contribution >= 0.6 is 0 Å². The summed E-state index contributed by atoms with van der Waals surface area (Å²) in [7, 11) is 0. The lowest BCUT2D eigenvalue weighted by Gasteiger charge is -2.21. The van der Waals surface area contributed by atoms with Crippen LogP contribution in [0.2, 0.25) is 0 Å². The van der Waals surface area contributed by atoms with Crippen molar-refractivity contribution in [1.29, 1.82) is 5.26 Å². The van der Waals surface area contributed by atoms with Crippen LogP contribution in [0.4, 0.5) is 0 Å². The molecule has 3 aromatic rings. The summed E-state index contributed by atoms with van der Waals surface area (Å²) in [6, 6.07) is 13.4. The molecule has 0 spiro atoms. The number of hydrogen-bond donors (Lipinski definition) is 1. The van der Waals surface area contributed by atoms with Gasteiger partial charge in [0.1, 0.15) is 0 Å². The summed E-state index contributed by atoms with van der Waals surface area (Å²) in [5.41, 5.74) is 2.49. The Morgan fingerprint density at radius 2 is 2.22 bits per heavy atom. The van der Waals surface area contributed by atoms with E-state index in [1.807, 2.05) is 42.6 Å². The molecule has 0 unspecified atom stereocenters. The SMILES string of the molecule is N#CCCN(Cc1cccnc1)C(=O)c1ccc2cc[nH]c2c1. The average molecular weight is 304 g/mol. The number of aromatic amines is 1. The number of amides is 1. The maximum Gasteiger partial charge on any atom is 0.254 e. The topological polar surface area (TPSA) is 72.8 Å². The van der Waals surface area contributed by atoms with E-state index in [1.165, 1.54) is 0 Å². The molecule has 0 aliphatic heterocycles. The number of H-pyrrole nitrogens is 1. The highest BCUT2D eigenvalue weighted by molar-refractivity contribution is 5.97. The van der Waals surface area contributed by atoms with Crippen molar-refractivity contribution < 1.29 is 4.79 Å². The van der Waals surface area contributed by atoms with E-state index < -0.39 is 0 Å². The van der Waals surface area contributed by atoms with Crippen LogP contribution in [0, 0.1) is 11.3 Å². The molecular formula is C18H16N4O. The molecule has 114 valence electrons. The van der Waals surface area contributed by atoms with Crippen molar-refractivity contribution in [2.45, 2.75) is 13.0 Å². The van der Waals surface area contributed by atoms with Gasteiger partial charge in [0.25, 0.3) is 5.91 Å². The van der Waals surface area contributed by atoms with Gasteiger partial charge in [0.05, 0.1) is 12.5 Å².